The van der Waals surface area contributed by atoms with Gasteiger partial charge in [-0.1, -0.05) is 44.8 Å². The fourth-order valence-corrected chi connectivity index (χ4v) is 1.21. The first-order chi connectivity index (χ1) is 5.22. The third-order valence-electron chi connectivity index (χ3n) is 2.47. The van der Waals surface area contributed by atoms with Gasteiger partial charge in [0, 0.05) is 0 Å². The van der Waals surface area contributed by atoms with E-state index < -0.39 is 0 Å². The molecule has 0 saturated carbocycles. The van der Waals surface area contributed by atoms with E-state index in [-0.39, 0.29) is 0 Å². The monoisotopic (exact) mass is 154 g/mol. The summed E-state index contributed by atoms with van der Waals surface area (Å²) < 4.78 is 0. The summed E-state index contributed by atoms with van der Waals surface area (Å²) in [6, 6.07) is 0. The van der Waals surface area contributed by atoms with Crippen LogP contribution < -0.4 is 0 Å². The number of allylic oxidation sites excluding steroid dienone is 2. The van der Waals surface area contributed by atoms with Gasteiger partial charge in [0.2, 0.25) is 0 Å². The van der Waals surface area contributed by atoms with Crippen molar-refractivity contribution in [3.8, 4) is 0 Å². The second-order valence-corrected chi connectivity index (χ2v) is 3.43. The summed E-state index contributed by atoms with van der Waals surface area (Å²) >= 11 is 0. The maximum Gasteiger partial charge on any atom is -0.0235 e. The standard InChI is InChI=1S/C11H22/c1-5-7-8-9-11(4)10(3)6-2/h6,11H,5,7-9H2,1-4H3. The molecule has 11 heavy (non-hydrogen) atoms. The first-order valence-corrected chi connectivity index (χ1v) is 4.85. The van der Waals surface area contributed by atoms with E-state index in [9.17, 15) is 0 Å². The van der Waals surface area contributed by atoms with E-state index in [4.69, 9.17) is 0 Å². The Kier molecular flexibility index (Phi) is 6.30. The predicted octanol–water partition coefficient (Wildman–Crippen LogP) is 4.17. The van der Waals surface area contributed by atoms with Gasteiger partial charge in [-0.05, 0) is 26.2 Å². The van der Waals surface area contributed by atoms with Gasteiger partial charge in [0.15, 0.2) is 0 Å². The van der Waals surface area contributed by atoms with Crippen molar-refractivity contribution in [3.63, 3.8) is 0 Å². The molecule has 66 valence electrons. The molecular formula is C11H22. The average Bonchev–Trinajstić information content (AvgIpc) is 2.03. The summed E-state index contributed by atoms with van der Waals surface area (Å²) in [4.78, 5) is 0. The summed E-state index contributed by atoms with van der Waals surface area (Å²) in [6.45, 7) is 8.94. The second kappa shape index (κ2) is 6.45. The molecule has 0 aliphatic heterocycles. The fourth-order valence-electron chi connectivity index (χ4n) is 1.21. The lowest BCUT2D eigenvalue weighted by Gasteiger charge is -2.10. The summed E-state index contributed by atoms with van der Waals surface area (Å²) in [5, 5.41) is 0. The van der Waals surface area contributed by atoms with Crippen molar-refractivity contribution in [1.29, 1.82) is 0 Å². The van der Waals surface area contributed by atoms with Gasteiger partial charge < -0.3 is 0 Å². The molecule has 0 rings (SSSR count). The molecule has 0 aromatic heterocycles. The zero-order valence-electron chi connectivity index (χ0n) is 8.48. The maximum atomic E-state index is 2.32. The third-order valence-corrected chi connectivity index (χ3v) is 2.47. The molecule has 0 nitrogen and oxygen atoms in total. The highest BCUT2D eigenvalue weighted by Gasteiger charge is 2.01. The Morgan fingerprint density at radius 1 is 1.36 bits per heavy atom. The molecule has 0 spiro atoms. The van der Waals surface area contributed by atoms with Crippen LogP contribution in [-0.2, 0) is 0 Å². The van der Waals surface area contributed by atoms with Crippen LogP contribution in [0.4, 0.5) is 0 Å². The molecule has 0 saturated heterocycles. The predicted molar refractivity (Wildman–Crippen MR) is 52.7 cm³/mol. The molecule has 0 fully saturated rings. The quantitative estimate of drug-likeness (QED) is 0.412. The molecule has 1 unspecified atom stereocenters. The van der Waals surface area contributed by atoms with Crippen LogP contribution in [0.1, 0.15) is 53.4 Å². The minimum absolute atomic E-state index is 0.798. The molecule has 0 aromatic rings. The maximum absolute atomic E-state index is 2.32. The Morgan fingerprint density at radius 3 is 2.45 bits per heavy atom. The number of rotatable bonds is 5. The molecule has 1 atom stereocenters. The first-order valence-electron chi connectivity index (χ1n) is 4.85. The van der Waals surface area contributed by atoms with E-state index >= 15 is 0 Å². The summed E-state index contributed by atoms with van der Waals surface area (Å²) in [5.41, 5.74) is 1.54. The number of unbranched alkanes of at least 4 members (excludes halogenated alkanes) is 2. The van der Waals surface area contributed by atoms with E-state index in [1.807, 2.05) is 0 Å². The van der Waals surface area contributed by atoms with Crippen LogP contribution in [0.5, 0.6) is 0 Å². The lowest BCUT2D eigenvalue weighted by Crippen LogP contribution is -1.95. The molecule has 0 heteroatoms. The number of hydrogen-bond acceptors (Lipinski definition) is 0. The summed E-state index contributed by atoms with van der Waals surface area (Å²) in [5.74, 6) is 0.798. The van der Waals surface area contributed by atoms with E-state index in [0.29, 0.717) is 0 Å². The van der Waals surface area contributed by atoms with Crippen LogP contribution in [0.15, 0.2) is 11.6 Å². The third kappa shape index (κ3) is 5.06. The van der Waals surface area contributed by atoms with Crippen LogP contribution in [0.3, 0.4) is 0 Å². The van der Waals surface area contributed by atoms with Crippen molar-refractivity contribution in [3.05, 3.63) is 11.6 Å². The van der Waals surface area contributed by atoms with Crippen LogP contribution in [0.25, 0.3) is 0 Å². The van der Waals surface area contributed by atoms with Gasteiger partial charge >= 0.3 is 0 Å². The minimum Gasteiger partial charge on any atom is -0.0885 e. The van der Waals surface area contributed by atoms with Gasteiger partial charge in [0.25, 0.3) is 0 Å². The van der Waals surface area contributed by atoms with Gasteiger partial charge in [-0.25, -0.2) is 0 Å². The van der Waals surface area contributed by atoms with Crippen molar-refractivity contribution < 1.29 is 0 Å². The van der Waals surface area contributed by atoms with Gasteiger partial charge in [0.1, 0.15) is 0 Å². The Balaban J connectivity index is 3.44. The van der Waals surface area contributed by atoms with E-state index in [2.05, 4.69) is 33.8 Å². The first kappa shape index (κ1) is 10.7. The van der Waals surface area contributed by atoms with E-state index in [1.165, 1.54) is 25.7 Å². The highest BCUT2D eigenvalue weighted by molar-refractivity contribution is 4.99. The SMILES string of the molecule is CC=C(C)C(C)CCCCC. The van der Waals surface area contributed by atoms with Crippen molar-refractivity contribution >= 4 is 0 Å². The normalized spacial score (nSPS) is 15.1. The Hall–Kier alpha value is -0.260. The van der Waals surface area contributed by atoms with Gasteiger partial charge in [-0.3, -0.25) is 0 Å². The molecule has 0 bridgehead atoms. The molecule has 0 N–H and O–H groups in total. The molecule has 0 aromatic carbocycles. The van der Waals surface area contributed by atoms with E-state index in [1.54, 1.807) is 5.57 Å². The highest BCUT2D eigenvalue weighted by atomic mass is 14.1. The average molecular weight is 154 g/mol. The largest absolute Gasteiger partial charge is 0.0885 e. The van der Waals surface area contributed by atoms with Crippen LogP contribution in [0, 0.1) is 5.92 Å². The Labute approximate surface area is 71.7 Å². The number of hydrogen-bond donors (Lipinski definition) is 0. The van der Waals surface area contributed by atoms with Crippen LogP contribution in [0.2, 0.25) is 0 Å². The summed E-state index contributed by atoms with van der Waals surface area (Å²) in [7, 11) is 0. The lowest BCUT2D eigenvalue weighted by molar-refractivity contribution is 0.553. The molecule has 0 amide bonds. The van der Waals surface area contributed by atoms with Crippen LogP contribution in [-0.4, -0.2) is 0 Å². The van der Waals surface area contributed by atoms with Crippen molar-refractivity contribution in [2.75, 3.05) is 0 Å². The molecule has 0 aliphatic rings. The van der Waals surface area contributed by atoms with Crippen molar-refractivity contribution in [2.24, 2.45) is 5.92 Å². The molecule has 0 radical (unpaired) electrons. The molecule has 0 heterocycles. The minimum atomic E-state index is 0.798. The highest BCUT2D eigenvalue weighted by Crippen LogP contribution is 2.16. The molecular weight excluding hydrogens is 132 g/mol. The topological polar surface area (TPSA) is 0 Å². The molecule has 0 aliphatic carbocycles. The Bertz CT molecular complexity index is 111. The van der Waals surface area contributed by atoms with Gasteiger partial charge in [-0.2, -0.15) is 0 Å². The fraction of sp³-hybridized carbons (Fsp3) is 0.818. The zero-order valence-corrected chi connectivity index (χ0v) is 8.48. The van der Waals surface area contributed by atoms with Crippen molar-refractivity contribution in [2.45, 2.75) is 53.4 Å². The second-order valence-electron chi connectivity index (χ2n) is 3.43. The zero-order chi connectivity index (χ0) is 8.69. The van der Waals surface area contributed by atoms with Crippen LogP contribution >= 0.6 is 0 Å². The van der Waals surface area contributed by atoms with Crippen molar-refractivity contribution in [1.82, 2.24) is 0 Å². The summed E-state index contributed by atoms with van der Waals surface area (Å²) in [6.07, 6.45) is 7.71. The van der Waals surface area contributed by atoms with E-state index in [0.717, 1.165) is 5.92 Å². The lowest BCUT2D eigenvalue weighted by atomic mass is 9.96. The Morgan fingerprint density at radius 2 is 2.00 bits per heavy atom. The van der Waals surface area contributed by atoms with Gasteiger partial charge in [0.05, 0.1) is 0 Å². The smallest absolute Gasteiger partial charge is 0.0235 e. The van der Waals surface area contributed by atoms with Gasteiger partial charge in [-0.15, -0.1) is 0 Å².